The molecule has 0 bridgehead atoms. The van der Waals surface area contributed by atoms with Crippen LogP contribution >= 0.6 is 62.1 Å². The predicted molar refractivity (Wildman–Crippen MR) is 78.6 cm³/mol. The average Bonchev–Trinajstić information content (AvgIpc) is 2.68. The highest BCUT2D eigenvalue weighted by molar-refractivity contribution is 9.10. The van der Waals surface area contributed by atoms with Crippen LogP contribution in [-0.4, -0.2) is 4.98 Å². The second kappa shape index (κ2) is 5.76. The van der Waals surface area contributed by atoms with Crippen LogP contribution in [0.5, 0.6) is 0 Å². The highest BCUT2D eigenvalue weighted by Gasteiger charge is 2.07. The summed E-state index contributed by atoms with van der Waals surface area (Å²) in [5.41, 5.74) is 0. The zero-order valence-corrected chi connectivity index (χ0v) is 13.0. The van der Waals surface area contributed by atoms with Crippen molar-refractivity contribution in [1.82, 2.24) is 4.98 Å². The number of pyridine rings is 1. The largest absolute Gasteiger partial charge is 0.364 e. The van der Waals surface area contributed by atoms with E-state index >= 15 is 0 Å². The Balaban J connectivity index is 2.11. The molecule has 0 fully saturated rings. The van der Waals surface area contributed by atoms with E-state index in [1.807, 2.05) is 11.4 Å². The third-order valence-corrected chi connectivity index (χ3v) is 4.60. The molecule has 0 spiro atoms. The average molecular weight is 373 g/mol. The molecule has 0 aliphatic carbocycles. The van der Waals surface area contributed by atoms with Crippen molar-refractivity contribution in [2.24, 2.45) is 0 Å². The molecule has 90 valence electrons. The Labute approximate surface area is 126 Å². The second-order valence-electron chi connectivity index (χ2n) is 3.18. The van der Waals surface area contributed by atoms with Gasteiger partial charge in [0.25, 0.3) is 0 Å². The second-order valence-corrected chi connectivity index (χ2v) is 6.26. The summed E-state index contributed by atoms with van der Waals surface area (Å²) in [5.74, 6) is 0.533. The molecular weight excluding hydrogens is 366 g/mol. The summed E-state index contributed by atoms with van der Waals surface area (Å²) in [4.78, 5) is 5.24. The topological polar surface area (TPSA) is 24.9 Å². The normalized spacial score (nSPS) is 10.6. The van der Waals surface area contributed by atoms with E-state index in [2.05, 4.69) is 26.2 Å². The van der Waals surface area contributed by atoms with Crippen LogP contribution in [0.4, 0.5) is 5.82 Å². The van der Waals surface area contributed by atoms with Gasteiger partial charge in [-0.2, -0.15) is 0 Å². The molecule has 0 aliphatic rings. The van der Waals surface area contributed by atoms with E-state index in [1.54, 1.807) is 17.4 Å². The molecule has 0 radical (unpaired) electrons. The molecule has 0 saturated heterocycles. The molecule has 0 saturated carbocycles. The van der Waals surface area contributed by atoms with Crippen molar-refractivity contribution in [2.45, 2.75) is 6.54 Å². The molecule has 2 nitrogen and oxygen atoms in total. The van der Waals surface area contributed by atoms with Crippen molar-refractivity contribution in [1.29, 1.82) is 0 Å². The molecule has 2 aromatic heterocycles. The Morgan fingerprint density at radius 1 is 1.24 bits per heavy atom. The SMILES string of the molecule is Clc1cc(Cl)c(NCc2cc(Br)cs2)nc1Cl. The summed E-state index contributed by atoms with van der Waals surface area (Å²) in [6, 6.07) is 3.61. The summed E-state index contributed by atoms with van der Waals surface area (Å²) in [6.07, 6.45) is 0. The molecule has 2 heterocycles. The Kier molecular flexibility index (Phi) is 4.55. The summed E-state index contributed by atoms with van der Waals surface area (Å²) in [7, 11) is 0. The fraction of sp³-hybridized carbons (Fsp3) is 0.100. The van der Waals surface area contributed by atoms with E-state index in [4.69, 9.17) is 34.8 Å². The molecular formula is C10H6BrCl3N2S. The zero-order valence-electron chi connectivity index (χ0n) is 8.31. The first kappa shape index (κ1) is 13.4. The smallest absolute Gasteiger partial charge is 0.150 e. The van der Waals surface area contributed by atoms with Gasteiger partial charge in [-0.05, 0) is 28.1 Å². The Morgan fingerprint density at radius 3 is 2.65 bits per heavy atom. The van der Waals surface area contributed by atoms with Crippen molar-refractivity contribution >= 4 is 67.9 Å². The number of hydrogen-bond donors (Lipinski definition) is 1. The van der Waals surface area contributed by atoms with Gasteiger partial charge in [-0.25, -0.2) is 4.98 Å². The lowest BCUT2D eigenvalue weighted by molar-refractivity contribution is 1.14. The van der Waals surface area contributed by atoms with Crippen molar-refractivity contribution in [3.8, 4) is 0 Å². The number of nitrogens with zero attached hydrogens (tertiary/aromatic N) is 1. The van der Waals surface area contributed by atoms with Crippen LogP contribution in [0.1, 0.15) is 4.88 Å². The van der Waals surface area contributed by atoms with E-state index in [0.29, 0.717) is 22.4 Å². The minimum absolute atomic E-state index is 0.242. The summed E-state index contributed by atoms with van der Waals surface area (Å²) in [5, 5.41) is 6.17. The molecule has 17 heavy (non-hydrogen) atoms. The first-order valence-electron chi connectivity index (χ1n) is 4.54. The number of hydrogen-bond acceptors (Lipinski definition) is 3. The first-order chi connectivity index (χ1) is 8.06. The van der Waals surface area contributed by atoms with Gasteiger partial charge in [-0.1, -0.05) is 34.8 Å². The maximum Gasteiger partial charge on any atom is 0.150 e. The lowest BCUT2D eigenvalue weighted by atomic mass is 10.4. The van der Waals surface area contributed by atoms with Crippen LogP contribution in [0.15, 0.2) is 22.0 Å². The van der Waals surface area contributed by atoms with Crippen LogP contribution < -0.4 is 5.32 Å². The van der Waals surface area contributed by atoms with Crippen LogP contribution in [0, 0.1) is 0 Å². The molecule has 0 aliphatic heterocycles. The lowest BCUT2D eigenvalue weighted by Gasteiger charge is -2.07. The quantitative estimate of drug-likeness (QED) is 0.722. The fourth-order valence-corrected chi connectivity index (χ4v) is 3.14. The van der Waals surface area contributed by atoms with Gasteiger partial charge in [0, 0.05) is 14.7 Å². The van der Waals surface area contributed by atoms with E-state index in [1.165, 1.54) is 4.88 Å². The zero-order chi connectivity index (χ0) is 12.4. The lowest BCUT2D eigenvalue weighted by Crippen LogP contribution is -2.00. The molecule has 0 unspecified atom stereocenters. The van der Waals surface area contributed by atoms with Gasteiger partial charge in [-0.3, -0.25) is 0 Å². The Morgan fingerprint density at radius 2 is 2.00 bits per heavy atom. The van der Waals surface area contributed by atoms with Gasteiger partial charge in [0.05, 0.1) is 16.6 Å². The summed E-state index contributed by atoms with van der Waals surface area (Å²) in [6.45, 7) is 0.640. The van der Waals surface area contributed by atoms with Crippen molar-refractivity contribution < 1.29 is 0 Å². The highest BCUT2D eigenvalue weighted by atomic mass is 79.9. The van der Waals surface area contributed by atoms with Gasteiger partial charge >= 0.3 is 0 Å². The maximum atomic E-state index is 6.00. The Bertz CT molecular complexity index is 544. The standard InChI is InChI=1S/C10H6BrCl3N2S/c11-5-1-6(17-4-5)3-15-10-8(13)2-7(12)9(14)16-10/h1-2,4H,3H2,(H,15,16). The Hall–Kier alpha value is -0.0000000000000000555. The molecule has 0 amide bonds. The molecule has 1 N–H and O–H groups in total. The third-order valence-electron chi connectivity index (χ3n) is 1.94. The molecule has 0 atom stereocenters. The number of anilines is 1. The van der Waals surface area contributed by atoms with E-state index in [0.717, 1.165) is 4.47 Å². The summed E-state index contributed by atoms with van der Waals surface area (Å²) < 4.78 is 1.06. The van der Waals surface area contributed by atoms with Gasteiger partial charge < -0.3 is 5.32 Å². The molecule has 2 aromatic rings. The predicted octanol–water partition coefficient (Wildman–Crippen LogP) is 5.48. The number of rotatable bonds is 3. The number of nitrogens with one attached hydrogen (secondary N) is 1. The fourth-order valence-electron chi connectivity index (χ4n) is 1.19. The van der Waals surface area contributed by atoms with Gasteiger partial charge in [0.15, 0.2) is 0 Å². The van der Waals surface area contributed by atoms with Crippen LogP contribution in [0.2, 0.25) is 15.2 Å². The monoisotopic (exact) mass is 370 g/mol. The molecule has 2 rings (SSSR count). The van der Waals surface area contributed by atoms with Crippen LogP contribution in [0.3, 0.4) is 0 Å². The summed E-state index contributed by atoms with van der Waals surface area (Å²) >= 11 is 22.7. The van der Waals surface area contributed by atoms with E-state index in [9.17, 15) is 0 Å². The number of thiophene rings is 1. The highest BCUT2D eigenvalue weighted by Crippen LogP contribution is 2.29. The minimum Gasteiger partial charge on any atom is -0.364 e. The van der Waals surface area contributed by atoms with Crippen molar-refractivity contribution in [3.63, 3.8) is 0 Å². The van der Waals surface area contributed by atoms with Crippen LogP contribution in [0.25, 0.3) is 0 Å². The molecule has 0 aromatic carbocycles. The van der Waals surface area contributed by atoms with Gasteiger partial charge in [-0.15, -0.1) is 11.3 Å². The minimum atomic E-state index is 0.242. The molecule has 7 heteroatoms. The number of aromatic nitrogens is 1. The van der Waals surface area contributed by atoms with E-state index < -0.39 is 0 Å². The van der Waals surface area contributed by atoms with Gasteiger partial charge in [0.1, 0.15) is 11.0 Å². The number of halogens is 4. The van der Waals surface area contributed by atoms with Gasteiger partial charge in [0.2, 0.25) is 0 Å². The first-order valence-corrected chi connectivity index (χ1v) is 7.35. The maximum absolute atomic E-state index is 6.00. The van der Waals surface area contributed by atoms with Crippen molar-refractivity contribution in [3.05, 3.63) is 42.1 Å². The van der Waals surface area contributed by atoms with E-state index in [-0.39, 0.29) is 5.15 Å². The third kappa shape index (κ3) is 3.48. The van der Waals surface area contributed by atoms with Crippen molar-refractivity contribution in [2.75, 3.05) is 5.32 Å². The van der Waals surface area contributed by atoms with Crippen LogP contribution in [-0.2, 0) is 6.54 Å².